The number of likely N-dealkylation sites (tertiary alicyclic amines) is 1. The number of thiazole rings is 1. The maximum Gasteiger partial charge on any atom is 0.263 e. The fraction of sp³-hybridized carbons (Fsp3) is 0.324. The molecular weight excluding hydrogens is 588 g/mol. The Morgan fingerprint density at radius 1 is 1.09 bits per heavy atom. The molecule has 1 atom stereocenters. The first kappa shape index (κ1) is 29.3. The maximum atomic E-state index is 14.1. The molecule has 1 unspecified atom stereocenters. The lowest BCUT2D eigenvalue weighted by Crippen LogP contribution is -2.32. The van der Waals surface area contributed by atoms with Crippen LogP contribution in [-0.2, 0) is 11.3 Å². The topological polar surface area (TPSA) is 111 Å². The molecule has 0 radical (unpaired) electrons. The van der Waals surface area contributed by atoms with Crippen LogP contribution in [0.5, 0.6) is 5.75 Å². The number of fused-ring (bicyclic) bond motifs is 1. The van der Waals surface area contributed by atoms with Crippen LogP contribution in [0.4, 0.5) is 11.6 Å². The summed E-state index contributed by atoms with van der Waals surface area (Å²) in [4.78, 5) is 43.9. The molecule has 2 aromatic carbocycles. The number of nitrogens with one attached hydrogen (secondary N) is 1. The maximum absolute atomic E-state index is 14.1. The van der Waals surface area contributed by atoms with Gasteiger partial charge in [0.25, 0.3) is 5.56 Å². The average molecular weight is 623 g/mol. The van der Waals surface area contributed by atoms with Crippen LogP contribution in [0.25, 0.3) is 21.6 Å². The molecule has 2 aliphatic heterocycles. The van der Waals surface area contributed by atoms with Crippen LogP contribution >= 0.6 is 11.3 Å². The standard InChI is InChI=1S/C34H34N6O4S/c1-39-14-10-27(21-39)44-26-8-6-25(7-9-26)37-34-36-19-24-18-29(30(41)22-11-15-43-16-12-22)33(42)40(31(24)38-34)20-23-4-2-3-5-28(23)32-35-13-17-45-32/h2-9,13,17-19,22,27H,10-12,14-16,20-21H2,1H3,(H,36,37,38). The summed E-state index contributed by atoms with van der Waals surface area (Å²) in [5.41, 5.74) is 2.88. The number of nitrogens with zero attached hydrogens (tertiary/aromatic N) is 5. The van der Waals surface area contributed by atoms with Crippen molar-refractivity contribution in [3.05, 3.63) is 93.9 Å². The van der Waals surface area contributed by atoms with E-state index in [1.165, 1.54) is 11.3 Å². The number of likely N-dealkylation sites (N-methyl/N-ethyl adjacent to an activating group) is 1. The van der Waals surface area contributed by atoms with Crippen LogP contribution in [0.1, 0.15) is 35.2 Å². The largest absolute Gasteiger partial charge is 0.489 e. The zero-order chi connectivity index (χ0) is 30.8. The highest BCUT2D eigenvalue weighted by Gasteiger charge is 2.27. The van der Waals surface area contributed by atoms with Crippen molar-refractivity contribution >= 4 is 39.8 Å². The van der Waals surface area contributed by atoms with Gasteiger partial charge in [0.15, 0.2) is 5.78 Å². The summed E-state index contributed by atoms with van der Waals surface area (Å²) < 4.78 is 13.2. The number of hydrogen-bond acceptors (Lipinski definition) is 10. The number of carbonyl (C=O) groups excluding carboxylic acids is 1. The van der Waals surface area contributed by atoms with Gasteiger partial charge in [0.2, 0.25) is 5.95 Å². The summed E-state index contributed by atoms with van der Waals surface area (Å²) in [6.07, 6.45) is 5.84. The Kier molecular flexibility index (Phi) is 8.38. The Morgan fingerprint density at radius 3 is 2.67 bits per heavy atom. The van der Waals surface area contributed by atoms with Gasteiger partial charge in [-0.15, -0.1) is 11.3 Å². The van der Waals surface area contributed by atoms with E-state index in [9.17, 15) is 9.59 Å². The molecule has 2 saturated heterocycles. The van der Waals surface area contributed by atoms with E-state index in [0.29, 0.717) is 43.0 Å². The van der Waals surface area contributed by atoms with Gasteiger partial charge in [-0.3, -0.25) is 14.2 Å². The van der Waals surface area contributed by atoms with Crippen molar-refractivity contribution in [1.82, 2.24) is 24.4 Å². The molecule has 0 spiro atoms. The Balaban J connectivity index is 1.23. The van der Waals surface area contributed by atoms with Crippen molar-refractivity contribution in [2.75, 3.05) is 38.7 Å². The predicted molar refractivity (Wildman–Crippen MR) is 175 cm³/mol. The van der Waals surface area contributed by atoms with Crippen molar-refractivity contribution in [2.24, 2.45) is 5.92 Å². The number of pyridine rings is 1. The Labute approximate surface area is 264 Å². The Bertz CT molecular complexity index is 1870. The second kappa shape index (κ2) is 12.9. The highest BCUT2D eigenvalue weighted by atomic mass is 32.1. The van der Waals surface area contributed by atoms with E-state index in [0.717, 1.165) is 47.1 Å². The van der Waals surface area contributed by atoms with E-state index in [1.54, 1.807) is 23.0 Å². The minimum atomic E-state index is -0.364. The zero-order valence-electron chi connectivity index (χ0n) is 25.0. The molecule has 0 amide bonds. The molecule has 230 valence electrons. The molecule has 11 heteroatoms. The third-order valence-electron chi connectivity index (χ3n) is 8.45. The lowest BCUT2D eigenvalue weighted by Gasteiger charge is -2.21. The van der Waals surface area contributed by atoms with Gasteiger partial charge in [0.1, 0.15) is 22.5 Å². The van der Waals surface area contributed by atoms with Crippen molar-refractivity contribution in [3.63, 3.8) is 0 Å². The summed E-state index contributed by atoms with van der Waals surface area (Å²) in [6.45, 7) is 3.21. The second-order valence-corrected chi connectivity index (χ2v) is 12.5. The number of ether oxygens (including phenoxy) is 2. The molecule has 0 aliphatic carbocycles. The number of aromatic nitrogens is 4. The molecule has 10 nitrogen and oxygen atoms in total. The van der Waals surface area contributed by atoms with Gasteiger partial charge in [-0.05, 0) is 62.2 Å². The summed E-state index contributed by atoms with van der Waals surface area (Å²) in [5.74, 6) is 0.762. The van der Waals surface area contributed by atoms with Gasteiger partial charge in [-0.25, -0.2) is 9.97 Å². The molecule has 45 heavy (non-hydrogen) atoms. The molecule has 2 fully saturated rings. The number of ketones is 1. The third-order valence-corrected chi connectivity index (χ3v) is 9.26. The van der Waals surface area contributed by atoms with Crippen LogP contribution in [0.3, 0.4) is 0 Å². The van der Waals surface area contributed by atoms with Gasteiger partial charge in [0, 0.05) is 66.6 Å². The van der Waals surface area contributed by atoms with E-state index in [1.807, 2.05) is 53.9 Å². The number of Topliss-reactive ketones (excluding diaryl/α,β-unsaturated/α-hetero) is 1. The number of hydrogen-bond donors (Lipinski definition) is 1. The molecule has 5 aromatic rings. The summed E-state index contributed by atoms with van der Waals surface area (Å²) in [5, 5.41) is 6.68. The van der Waals surface area contributed by atoms with Crippen molar-refractivity contribution in [2.45, 2.75) is 31.9 Å². The van der Waals surface area contributed by atoms with E-state index in [4.69, 9.17) is 14.5 Å². The molecule has 3 aromatic heterocycles. The molecule has 0 bridgehead atoms. The Hall–Kier alpha value is -4.45. The van der Waals surface area contributed by atoms with Gasteiger partial charge in [0.05, 0.1) is 12.1 Å². The lowest BCUT2D eigenvalue weighted by atomic mass is 9.91. The van der Waals surface area contributed by atoms with E-state index in [2.05, 4.69) is 27.2 Å². The van der Waals surface area contributed by atoms with Gasteiger partial charge < -0.3 is 19.7 Å². The number of rotatable bonds is 9. The summed E-state index contributed by atoms with van der Waals surface area (Å²) in [7, 11) is 2.10. The predicted octanol–water partition coefficient (Wildman–Crippen LogP) is 5.40. The number of benzene rings is 2. The van der Waals surface area contributed by atoms with Gasteiger partial charge in [-0.2, -0.15) is 4.98 Å². The van der Waals surface area contributed by atoms with Crippen molar-refractivity contribution in [3.8, 4) is 16.3 Å². The van der Waals surface area contributed by atoms with Crippen molar-refractivity contribution in [1.29, 1.82) is 0 Å². The SMILES string of the molecule is CN1CCC(Oc2ccc(Nc3ncc4cc(C(=O)C5CCOCC5)c(=O)n(Cc5ccccc5-c5nccs5)c4n3)cc2)C1. The van der Waals surface area contributed by atoms with Crippen molar-refractivity contribution < 1.29 is 14.3 Å². The molecule has 5 heterocycles. The minimum absolute atomic E-state index is 0.152. The quantitative estimate of drug-likeness (QED) is 0.216. The Morgan fingerprint density at radius 2 is 1.91 bits per heavy atom. The molecule has 1 N–H and O–H groups in total. The highest BCUT2D eigenvalue weighted by Crippen LogP contribution is 2.28. The first-order valence-corrected chi connectivity index (χ1v) is 16.1. The molecule has 7 rings (SSSR count). The monoisotopic (exact) mass is 622 g/mol. The van der Waals surface area contributed by atoms with E-state index < -0.39 is 0 Å². The van der Waals surface area contributed by atoms with Crippen LogP contribution in [0.15, 0.2) is 77.2 Å². The first-order valence-electron chi connectivity index (χ1n) is 15.2. The highest BCUT2D eigenvalue weighted by molar-refractivity contribution is 7.13. The van der Waals surface area contributed by atoms with E-state index in [-0.39, 0.29) is 35.5 Å². The fourth-order valence-corrected chi connectivity index (χ4v) is 6.74. The number of carbonyl (C=O) groups is 1. The first-order chi connectivity index (χ1) is 22.0. The van der Waals surface area contributed by atoms with Gasteiger partial charge >= 0.3 is 0 Å². The average Bonchev–Trinajstić information content (AvgIpc) is 3.76. The van der Waals surface area contributed by atoms with Crippen LogP contribution < -0.4 is 15.6 Å². The molecular formula is C34H34N6O4S. The minimum Gasteiger partial charge on any atom is -0.489 e. The fourth-order valence-electron chi connectivity index (χ4n) is 6.04. The summed E-state index contributed by atoms with van der Waals surface area (Å²) in [6, 6.07) is 17.2. The normalized spacial score (nSPS) is 17.5. The van der Waals surface area contributed by atoms with E-state index >= 15 is 0 Å². The third kappa shape index (κ3) is 6.37. The lowest BCUT2D eigenvalue weighted by molar-refractivity contribution is 0.0543. The summed E-state index contributed by atoms with van der Waals surface area (Å²) >= 11 is 1.54. The number of anilines is 2. The zero-order valence-corrected chi connectivity index (χ0v) is 25.8. The van der Waals surface area contributed by atoms with Gasteiger partial charge in [-0.1, -0.05) is 24.3 Å². The molecule has 2 aliphatic rings. The van der Waals surface area contributed by atoms with Crippen LogP contribution in [0, 0.1) is 5.92 Å². The van der Waals surface area contributed by atoms with Crippen LogP contribution in [0.2, 0.25) is 0 Å². The second-order valence-electron chi connectivity index (χ2n) is 11.6. The smallest absolute Gasteiger partial charge is 0.263 e. The molecule has 0 saturated carbocycles. The van der Waals surface area contributed by atoms with Crippen LogP contribution in [-0.4, -0.2) is 69.7 Å².